The second-order valence-electron chi connectivity index (χ2n) is 8.50. The number of carbonyl (C=O) groups is 3. The highest BCUT2D eigenvalue weighted by atomic mass is 79.9. The zero-order chi connectivity index (χ0) is 26.1. The number of hydrazine groups is 1. The topological polar surface area (TPSA) is 109 Å². The average molecular weight is 564 g/mol. The molecule has 2 rings (SSSR count). The van der Waals surface area contributed by atoms with E-state index in [-0.39, 0.29) is 36.4 Å². The van der Waals surface area contributed by atoms with Crippen molar-refractivity contribution < 1.29 is 19.1 Å². The molecule has 0 unspecified atom stereocenters. The van der Waals surface area contributed by atoms with Gasteiger partial charge in [0.15, 0.2) is 11.7 Å². The Morgan fingerprint density at radius 2 is 1.63 bits per heavy atom. The zero-order valence-electron chi connectivity index (χ0n) is 20.5. The van der Waals surface area contributed by atoms with Crippen LogP contribution < -0.4 is 26.2 Å². The number of anilines is 1. The summed E-state index contributed by atoms with van der Waals surface area (Å²) in [6.07, 6.45) is -0.0527. The molecule has 4 N–H and O–H groups in total. The van der Waals surface area contributed by atoms with Crippen LogP contribution in [0.4, 0.5) is 5.69 Å². The summed E-state index contributed by atoms with van der Waals surface area (Å²) in [5, 5.41) is 5.15. The highest BCUT2D eigenvalue weighted by Gasteiger charge is 2.14. The van der Waals surface area contributed by atoms with Crippen molar-refractivity contribution in [3.63, 3.8) is 0 Å². The maximum absolute atomic E-state index is 12.2. The fourth-order valence-corrected chi connectivity index (χ4v) is 3.69. The van der Waals surface area contributed by atoms with Gasteiger partial charge in [0.05, 0.1) is 0 Å². The lowest BCUT2D eigenvalue weighted by Crippen LogP contribution is -2.49. The number of aryl methyl sites for hydroxylation is 3. The minimum atomic E-state index is -0.472. The van der Waals surface area contributed by atoms with Crippen molar-refractivity contribution in [3.05, 3.63) is 57.1 Å². The van der Waals surface area contributed by atoms with Crippen molar-refractivity contribution in [2.24, 2.45) is 0 Å². The lowest BCUT2D eigenvalue weighted by atomic mass is 10.0. The summed E-state index contributed by atoms with van der Waals surface area (Å²) >= 11 is 8.55. The third kappa shape index (κ3) is 9.29. The molecule has 0 heterocycles. The lowest BCUT2D eigenvalue weighted by molar-refractivity contribution is -0.125. The van der Waals surface area contributed by atoms with Crippen LogP contribution in [0.1, 0.15) is 54.9 Å². The summed E-state index contributed by atoms with van der Waals surface area (Å²) in [7, 11) is 0. The smallest absolute Gasteiger partial charge is 0.264 e. The summed E-state index contributed by atoms with van der Waals surface area (Å²) in [4.78, 5) is 36.3. The zero-order valence-corrected chi connectivity index (χ0v) is 22.9. The van der Waals surface area contributed by atoms with Crippen LogP contribution in [0.2, 0.25) is 0 Å². The molecule has 10 heteroatoms. The third-order valence-corrected chi connectivity index (χ3v) is 6.13. The van der Waals surface area contributed by atoms with Crippen LogP contribution in [0.25, 0.3) is 0 Å². The summed E-state index contributed by atoms with van der Waals surface area (Å²) in [6, 6.07) is 9.56. The summed E-state index contributed by atoms with van der Waals surface area (Å²) in [5.74, 6) is -0.350. The molecule has 188 valence electrons. The molecule has 2 aromatic rings. The third-order valence-electron chi connectivity index (χ3n) is 5.08. The van der Waals surface area contributed by atoms with Crippen molar-refractivity contribution in [1.82, 2.24) is 16.2 Å². The van der Waals surface area contributed by atoms with Gasteiger partial charge in [0.1, 0.15) is 5.75 Å². The standard InChI is InChI=1S/C25H31BrN4O4S/c1-14(2)18-12-19(26)16(4)11-21(18)34-13-24(33)28-25(35)30-29-23(32)9-8-22(31)27-20-7-6-15(3)10-17(20)5/h6-7,10-12,14H,8-9,13H2,1-5H3,(H,27,31)(H,29,32)(H2,28,30,33,35). The summed E-state index contributed by atoms with van der Waals surface area (Å²) in [6.45, 7) is 9.66. The molecular weight excluding hydrogens is 532 g/mol. The molecule has 0 fully saturated rings. The molecule has 0 saturated carbocycles. The number of hydrogen-bond acceptors (Lipinski definition) is 5. The Kier molecular flexibility index (Phi) is 10.7. The van der Waals surface area contributed by atoms with E-state index in [2.05, 4.69) is 37.4 Å². The number of ether oxygens (including phenoxy) is 1. The van der Waals surface area contributed by atoms with E-state index >= 15 is 0 Å². The number of rotatable bonds is 8. The van der Waals surface area contributed by atoms with Gasteiger partial charge in [-0.25, -0.2) is 0 Å². The van der Waals surface area contributed by atoms with Gasteiger partial charge in [-0.2, -0.15) is 0 Å². The number of amides is 3. The number of hydrogen-bond donors (Lipinski definition) is 4. The Labute approximate surface area is 219 Å². The minimum Gasteiger partial charge on any atom is -0.483 e. The maximum atomic E-state index is 12.2. The van der Waals surface area contributed by atoms with Crippen molar-refractivity contribution in [2.45, 2.75) is 53.4 Å². The van der Waals surface area contributed by atoms with Crippen LogP contribution in [-0.2, 0) is 14.4 Å². The van der Waals surface area contributed by atoms with E-state index in [0.29, 0.717) is 11.4 Å². The average Bonchev–Trinajstić information content (AvgIpc) is 2.78. The van der Waals surface area contributed by atoms with Crippen molar-refractivity contribution in [1.29, 1.82) is 0 Å². The van der Waals surface area contributed by atoms with E-state index in [1.54, 1.807) is 0 Å². The Morgan fingerprint density at radius 1 is 0.943 bits per heavy atom. The minimum absolute atomic E-state index is 0.00141. The van der Waals surface area contributed by atoms with Crippen LogP contribution in [-0.4, -0.2) is 29.4 Å². The maximum Gasteiger partial charge on any atom is 0.264 e. The number of carbonyl (C=O) groups excluding carboxylic acids is 3. The molecule has 0 aliphatic heterocycles. The van der Waals surface area contributed by atoms with Crippen molar-refractivity contribution >= 4 is 56.7 Å². The van der Waals surface area contributed by atoms with Gasteiger partial charge >= 0.3 is 0 Å². The summed E-state index contributed by atoms with van der Waals surface area (Å²) < 4.78 is 6.67. The highest BCUT2D eigenvalue weighted by Crippen LogP contribution is 2.32. The van der Waals surface area contributed by atoms with Gasteiger partial charge in [0.2, 0.25) is 11.8 Å². The number of benzene rings is 2. The molecule has 35 heavy (non-hydrogen) atoms. The largest absolute Gasteiger partial charge is 0.483 e. The van der Waals surface area contributed by atoms with Gasteiger partial charge in [-0.3, -0.25) is 30.6 Å². The van der Waals surface area contributed by atoms with E-state index in [4.69, 9.17) is 17.0 Å². The fourth-order valence-electron chi connectivity index (χ4n) is 3.17. The number of halogens is 1. The number of thiocarbonyl (C=S) groups is 1. The quantitative estimate of drug-likeness (QED) is 0.282. The predicted molar refractivity (Wildman–Crippen MR) is 144 cm³/mol. The molecule has 0 radical (unpaired) electrons. The van der Waals surface area contributed by atoms with Gasteiger partial charge in [0, 0.05) is 23.0 Å². The highest BCUT2D eigenvalue weighted by molar-refractivity contribution is 9.10. The van der Waals surface area contributed by atoms with Gasteiger partial charge in [0.25, 0.3) is 5.91 Å². The molecule has 8 nitrogen and oxygen atoms in total. The van der Waals surface area contributed by atoms with Crippen LogP contribution in [0.15, 0.2) is 34.8 Å². The van der Waals surface area contributed by atoms with E-state index in [9.17, 15) is 14.4 Å². The summed E-state index contributed by atoms with van der Waals surface area (Å²) in [5.41, 5.74) is 9.55. The molecule has 0 spiro atoms. The van der Waals surface area contributed by atoms with Crippen molar-refractivity contribution in [3.8, 4) is 5.75 Å². The Balaban J connectivity index is 1.72. The first-order valence-electron chi connectivity index (χ1n) is 11.1. The Hall–Kier alpha value is -2.98. The second-order valence-corrected chi connectivity index (χ2v) is 9.76. The van der Waals surface area contributed by atoms with Crippen LogP contribution in [0, 0.1) is 20.8 Å². The van der Waals surface area contributed by atoms with E-state index in [1.165, 1.54) is 0 Å². The normalized spacial score (nSPS) is 10.5. The van der Waals surface area contributed by atoms with Crippen LogP contribution >= 0.6 is 28.1 Å². The predicted octanol–water partition coefficient (Wildman–Crippen LogP) is 4.32. The first-order valence-corrected chi connectivity index (χ1v) is 12.3. The van der Waals surface area contributed by atoms with Crippen LogP contribution in [0.3, 0.4) is 0 Å². The fraction of sp³-hybridized carbons (Fsp3) is 0.360. The number of nitrogens with one attached hydrogen (secondary N) is 4. The van der Waals surface area contributed by atoms with Crippen LogP contribution in [0.5, 0.6) is 5.75 Å². The molecule has 0 saturated heterocycles. The van der Waals surface area contributed by atoms with Gasteiger partial charge in [-0.15, -0.1) is 0 Å². The Bertz CT molecular complexity index is 1120. The Morgan fingerprint density at radius 3 is 2.29 bits per heavy atom. The first kappa shape index (κ1) is 28.3. The molecule has 2 aromatic carbocycles. The van der Waals surface area contributed by atoms with E-state index in [0.717, 1.165) is 26.7 Å². The van der Waals surface area contributed by atoms with E-state index in [1.807, 2.05) is 65.0 Å². The molecule has 0 aromatic heterocycles. The van der Waals surface area contributed by atoms with Gasteiger partial charge in [-0.1, -0.05) is 47.5 Å². The molecular formula is C25H31BrN4O4S. The molecule has 0 aliphatic carbocycles. The SMILES string of the molecule is Cc1ccc(NC(=O)CCC(=O)NNC(=S)NC(=O)COc2cc(C)c(Br)cc2C(C)C)c(C)c1. The molecule has 0 bridgehead atoms. The van der Waals surface area contributed by atoms with Gasteiger partial charge < -0.3 is 10.1 Å². The first-order chi connectivity index (χ1) is 16.5. The lowest BCUT2D eigenvalue weighted by Gasteiger charge is -2.16. The molecule has 0 aliphatic rings. The molecule has 0 atom stereocenters. The molecule has 3 amide bonds. The van der Waals surface area contributed by atoms with E-state index < -0.39 is 11.8 Å². The van der Waals surface area contributed by atoms with Crippen molar-refractivity contribution in [2.75, 3.05) is 11.9 Å². The second kappa shape index (κ2) is 13.2. The monoisotopic (exact) mass is 562 g/mol. The van der Waals surface area contributed by atoms with Gasteiger partial charge in [-0.05, 0) is 73.8 Å².